The highest BCUT2D eigenvalue weighted by molar-refractivity contribution is 5.87. The highest BCUT2D eigenvalue weighted by atomic mass is 16.2. The zero-order chi connectivity index (χ0) is 16.8. The van der Waals surface area contributed by atoms with E-state index in [1.165, 1.54) is 19.3 Å². The number of hydrogen-bond acceptors (Lipinski definition) is 2. The van der Waals surface area contributed by atoms with E-state index >= 15 is 0 Å². The summed E-state index contributed by atoms with van der Waals surface area (Å²) in [5.74, 6) is -0.0462. The average Bonchev–Trinajstić information content (AvgIpc) is 3.11. The minimum atomic E-state index is -0.336. The summed E-state index contributed by atoms with van der Waals surface area (Å²) in [6.07, 6.45) is 7.40. The molecule has 1 saturated heterocycles. The Labute approximate surface area is 143 Å². The minimum absolute atomic E-state index is 0.0462. The Morgan fingerprint density at radius 2 is 1.75 bits per heavy atom. The molecule has 0 unspecified atom stereocenters. The number of carbonyl (C=O) groups is 2. The molecule has 2 fully saturated rings. The number of likely N-dealkylation sites (tertiary alicyclic amines) is 1. The molecule has 1 aliphatic heterocycles. The van der Waals surface area contributed by atoms with Gasteiger partial charge >= 0.3 is 6.03 Å². The molecule has 2 N–H and O–H groups in total. The topological polar surface area (TPSA) is 61.4 Å². The first-order valence-corrected chi connectivity index (χ1v) is 9.13. The summed E-state index contributed by atoms with van der Waals surface area (Å²) in [7, 11) is 0. The first-order valence-electron chi connectivity index (χ1n) is 9.13. The standard InChI is InChI=1S/C19H27N3O2/c23-18(20-14-15-8-3-1-4-9-15)17-12-7-13-22(17)19(24)21-16-10-5-2-6-11-16/h1,3-4,8-9,16-17H,2,5-7,10-14H2,(H,20,23)(H,21,24)/t17-/m0/s1. The first kappa shape index (κ1) is 16.8. The van der Waals surface area contributed by atoms with Crippen LogP contribution >= 0.6 is 0 Å². The van der Waals surface area contributed by atoms with Crippen LogP contribution in [0.1, 0.15) is 50.5 Å². The van der Waals surface area contributed by atoms with Crippen LogP contribution in [0, 0.1) is 0 Å². The SMILES string of the molecule is O=C(NCc1ccccc1)[C@@H]1CCCN1C(=O)NC1CCCCC1. The average molecular weight is 329 g/mol. The predicted molar refractivity (Wildman–Crippen MR) is 93.4 cm³/mol. The Balaban J connectivity index is 1.52. The highest BCUT2D eigenvalue weighted by Crippen LogP contribution is 2.21. The van der Waals surface area contributed by atoms with Gasteiger partial charge in [-0.05, 0) is 31.2 Å². The van der Waals surface area contributed by atoms with Crippen molar-refractivity contribution in [2.24, 2.45) is 0 Å². The van der Waals surface area contributed by atoms with E-state index in [4.69, 9.17) is 0 Å². The Morgan fingerprint density at radius 1 is 1.00 bits per heavy atom. The number of rotatable bonds is 4. The van der Waals surface area contributed by atoms with Crippen molar-refractivity contribution >= 4 is 11.9 Å². The Morgan fingerprint density at radius 3 is 2.50 bits per heavy atom. The van der Waals surface area contributed by atoms with Crippen LogP contribution in [0.2, 0.25) is 0 Å². The Kier molecular flexibility index (Phi) is 5.72. The second-order valence-corrected chi connectivity index (χ2v) is 6.84. The van der Waals surface area contributed by atoms with Crippen molar-refractivity contribution in [3.8, 4) is 0 Å². The van der Waals surface area contributed by atoms with Gasteiger partial charge < -0.3 is 15.5 Å². The van der Waals surface area contributed by atoms with Gasteiger partial charge in [0.05, 0.1) is 0 Å². The lowest BCUT2D eigenvalue weighted by atomic mass is 9.96. The second kappa shape index (κ2) is 8.18. The number of nitrogens with zero attached hydrogens (tertiary/aromatic N) is 1. The zero-order valence-corrected chi connectivity index (χ0v) is 14.2. The molecular weight excluding hydrogens is 302 g/mol. The van der Waals surface area contributed by atoms with Gasteiger partial charge in [-0.3, -0.25) is 4.79 Å². The lowest BCUT2D eigenvalue weighted by Gasteiger charge is -2.29. The van der Waals surface area contributed by atoms with Crippen molar-refractivity contribution in [2.45, 2.75) is 63.6 Å². The molecule has 2 aliphatic rings. The largest absolute Gasteiger partial charge is 0.350 e. The van der Waals surface area contributed by atoms with E-state index in [0.717, 1.165) is 31.2 Å². The molecule has 5 heteroatoms. The molecule has 3 amide bonds. The van der Waals surface area contributed by atoms with E-state index < -0.39 is 0 Å². The van der Waals surface area contributed by atoms with Crippen LogP contribution < -0.4 is 10.6 Å². The lowest BCUT2D eigenvalue weighted by molar-refractivity contribution is -0.124. The van der Waals surface area contributed by atoms with Crippen LogP contribution in [0.3, 0.4) is 0 Å². The van der Waals surface area contributed by atoms with Crippen molar-refractivity contribution < 1.29 is 9.59 Å². The lowest BCUT2D eigenvalue weighted by Crippen LogP contribution is -2.51. The van der Waals surface area contributed by atoms with Gasteiger partial charge in [0.15, 0.2) is 0 Å². The third kappa shape index (κ3) is 4.28. The Hall–Kier alpha value is -2.04. The monoisotopic (exact) mass is 329 g/mol. The molecular formula is C19H27N3O2. The van der Waals surface area contributed by atoms with Crippen LogP contribution in [-0.2, 0) is 11.3 Å². The molecule has 3 rings (SSSR count). The summed E-state index contributed by atoms with van der Waals surface area (Å²) in [6.45, 7) is 1.18. The fourth-order valence-corrected chi connectivity index (χ4v) is 3.69. The summed E-state index contributed by atoms with van der Waals surface area (Å²) in [5, 5.41) is 6.10. The van der Waals surface area contributed by atoms with Gasteiger partial charge in [-0.2, -0.15) is 0 Å². The molecule has 1 aromatic carbocycles. The molecule has 1 atom stereocenters. The van der Waals surface area contributed by atoms with Gasteiger partial charge in [0.1, 0.15) is 6.04 Å². The third-order valence-corrected chi connectivity index (χ3v) is 5.06. The number of urea groups is 1. The van der Waals surface area contributed by atoms with Gasteiger partial charge in [0, 0.05) is 19.1 Å². The van der Waals surface area contributed by atoms with E-state index in [9.17, 15) is 9.59 Å². The number of hydrogen-bond donors (Lipinski definition) is 2. The number of amides is 3. The molecule has 0 aromatic heterocycles. The maximum absolute atomic E-state index is 12.5. The van der Waals surface area contributed by atoms with Crippen LogP contribution in [0.4, 0.5) is 4.79 Å². The van der Waals surface area contributed by atoms with E-state index in [1.807, 2.05) is 30.3 Å². The second-order valence-electron chi connectivity index (χ2n) is 6.84. The van der Waals surface area contributed by atoms with Crippen LogP contribution in [0.5, 0.6) is 0 Å². The molecule has 1 aliphatic carbocycles. The molecule has 5 nitrogen and oxygen atoms in total. The van der Waals surface area contributed by atoms with Crippen molar-refractivity contribution in [3.05, 3.63) is 35.9 Å². The molecule has 1 aromatic rings. The highest BCUT2D eigenvalue weighted by Gasteiger charge is 2.34. The fourth-order valence-electron chi connectivity index (χ4n) is 3.69. The van der Waals surface area contributed by atoms with Crippen molar-refractivity contribution in [1.82, 2.24) is 15.5 Å². The van der Waals surface area contributed by atoms with Gasteiger partial charge in [0.2, 0.25) is 5.91 Å². The summed E-state index contributed by atoms with van der Waals surface area (Å²) >= 11 is 0. The van der Waals surface area contributed by atoms with E-state index in [1.54, 1.807) is 4.90 Å². The third-order valence-electron chi connectivity index (χ3n) is 5.06. The quantitative estimate of drug-likeness (QED) is 0.892. The van der Waals surface area contributed by atoms with Crippen molar-refractivity contribution in [1.29, 1.82) is 0 Å². The first-order chi connectivity index (χ1) is 11.7. The normalized spacial score (nSPS) is 21.5. The molecule has 0 spiro atoms. The van der Waals surface area contributed by atoms with E-state index in [0.29, 0.717) is 13.1 Å². The number of benzene rings is 1. The number of nitrogens with one attached hydrogen (secondary N) is 2. The predicted octanol–water partition coefficient (Wildman–Crippen LogP) is 2.81. The van der Waals surface area contributed by atoms with Gasteiger partial charge in [0.25, 0.3) is 0 Å². The van der Waals surface area contributed by atoms with E-state index in [-0.39, 0.29) is 24.0 Å². The summed E-state index contributed by atoms with van der Waals surface area (Å²) in [4.78, 5) is 26.7. The maximum Gasteiger partial charge on any atom is 0.318 e. The molecule has 130 valence electrons. The van der Waals surface area contributed by atoms with Gasteiger partial charge in [-0.1, -0.05) is 49.6 Å². The molecule has 0 bridgehead atoms. The van der Waals surface area contributed by atoms with Crippen molar-refractivity contribution in [3.63, 3.8) is 0 Å². The molecule has 24 heavy (non-hydrogen) atoms. The molecule has 0 radical (unpaired) electrons. The van der Waals surface area contributed by atoms with Crippen molar-refractivity contribution in [2.75, 3.05) is 6.54 Å². The zero-order valence-electron chi connectivity index (χ0n) is 14.2. The number of carbonyl (C=O) groups excluding carboxylic acids is 2. The van der Waals surface area contributed by atoms with Gasteiger partial charge in [-0.25, -0.2) is 4.79 Å². The summed E-state index contributed by atoms with van der Waals surface area (Å²) < 4.78 is 0. The van der Waals surface area contributed by atoms with Crippen LogP contribution in [-0.4, -0.2) is 35.5 Å². The van der Waals surface area contributed by atoms with Crippen LogP contribution in [0.15, 0.2) is 30.3 Å². The Bertz CT molecular complexity index is 555. The minimum Gasteiger partial charge on any atom is -0.350 e. The molecule has 1 saturated carbocycles. The summed E-state index contributed by atoms with van der Waals surface area (Å²) in [5.41, 5.74) is 1.07. The smallest absolute Gasteiger partial charge is 0.318 e. The fraction of sp³-hybridized carbons (Fsp3) is 0.579. The van der Waals surface area contributed by atoms with Gasteiger partial charge in [-0.15, -0.1) is 0 Å². The molecule has 1 heterocycles. The van der Waals surface area contributed by atoms with Crippen LogP contribution in [0.25, 0.3) is 0 Å². The van der Waals surface area contributed by atoms with E-state index in [2.05, 4.69) is 10.6 Å². The summed E-state index contributed by atoms with van der Waals surface area (Å²) in [6, 6.07) is 9.73. The maximum atomic E-state index is 12.5.